The van der Waals surface area contributed by atoms with E-state index in [1.807, 2.05) is 17.2 Å². The minimum atomic E-state index is -0.180. The van der Waals surface area contributed by atoms with Crippen molar-refractivity contribution in [2.24, 2.45) is 0 Å². The molecule has 328 valence electrons. The van der Waals surface area contributed by atoms with Crippen LogP contribution in [0.25, 0.3) is 27.6 Å². The molecule has 5 nitrogen and oxygen atoms in total. The van der Waals surface area contributed by atoms with E-state index in [2.05, 4.69) is 224 Å². The molecule has 6 heteroatoms. The molecule has 0 fully saturated rings. The van der Waals surface area contributed by atoms with Gasteiger partial charge in [-0.3, -0.25) is 7.05 Å². The fourth-order valence-corrected chi connectivity index (χ4v) is 7.65. The summed E-state index contributed by atoms with van der Waals surface area (Å²) in [6, 6.07) is 42.0. The van der Waals surface area contributed by atoms with E-state index in [-0.39, 0.29) is 48.1 Å². The van der Waals surface area contributed by atoms with Gasteiger partial charge < -0.3 is 19.5 Å². The van der Waals surface area contributed by atoms with E-state index in [4.69, 9.17) is 9.72 Å². The van der Waals surface area contributed by atoms with Gasteiger partial charge in [0, 0.05) is 55.7 Å². The summed E-state index contributed by atoms with van der Waals surface area (Å²) in [5, 5.41) is 6.11. The van der Waals surface area contributed by atoms with Crippen LogP contribution in [0.5, 0.6) is 11.5 Å². The molecule has 0 aliphatic rings. The van der Waals surface area contributed by atoms with Crippen molar-refractivity contribution in [1.29, 1.82) is 0 Å². The molecule has 0 unspecified atom stereocenters. The minimum Gasteiger partial charge on any atom is -0.516 e. The third-order valence-corrected chi connectivity index (χ3v) is 11.7. The first-order valence-corrected chi connectivity index (χ1v) is 21.6. The Bertz CT molecular complexity index is 2710. The van der Waals surface area contributed by atoms with E-state index < -0.39 is 0 Å². The first-order valence-electron chi connectivity index (χ1n) is 21.6. The van der Waals surface area contributed by atoms with Crippen molar-refractivity contribution in [3.8, 4) is 17.3 Å². The molecular weight excluding hydrogens is 940 g/mol. The van der Waals surface area contributed by atoms with Crippen molar-refractivity contribution in [3.05, 3.63) is 150 Å². The Labute approximate surface area is 386 Å². The summed E-state index contributed by atoms with van der Waals surface area (Å²) in [5.74, 6) is 2.04. The summed E-state index contributed by atoms with van der Waals surface area (Å²) in [5.41, 5.74) is 11.6. The van der Waals surface area contributed by atoms with E-state index in [0.717, 1.165) is 55.9 Å². The number of aromatic nitrogens is 2. The number of para-hydroxylation sites is 1. The number of rotatable bonds is 7. The van der Waals surface area contributed by atoms with Crippen molar-refractivity contribution in [2.75, 3.05) is 10.2 Å². The van der Waals surface area contributed by atoms with Crippen molar-refractivity contribution in [1.82, 2.24) is 9.55 Å². The zero-order chi connectivity index (χ0) is 44.4. The second-order valence-corrected chi connectivity index (χ2v) is 21.9. The molecule has 1 N–H and O–H groups in total. The number of fused-ring (bicyclic) bond motifs is 3. The molecule has 7 rings (SSSR count). The van der Waals surface area contributed by atoms with Gasteiger partial charge in [-0.25, -0.2) is 4.98 Å². The normalized spacial score (nSPS) is 12.7. The monoisotopic (exact) mass is 1000 g/mol. The van der Waals surface area contributed by atoms with Gasteiger partial charge in [0.05, 0.1) is 5.69 Å². The molecule has 0 amide bonds. The average Bonchev–Trinajstić information content (AvgIpc) is 3.49. The third-order valence-electron chi connectivity index (χ3n) is 11.7. The largest absolute Gasteiger partial charge is 0.516 e. The maximum Gasteiger partial charge on any atom is 0.135 e. The average molecular weight is 1010 g/mol. The van der Waals surface area contributed by atoms with Gasteiger partial charge in [-0.2, -0.15) is 6.07 Å². The summed E-state index contributed by atoms with van der Waals surface area (Å²) in [7, 11) is 4.68. The van der Waals surface area contributed by atoms with E-state index in [1.54, 1.807) is 0 Å². The van der Waals surface area contributed by atoms with Gasteiger partial charge in [0.2, 0.25) is 0 Å². The van der Waals surface area contributed by atoms with E-state index in [1.165, 1.54) is 22.3 Å². The molecule has 0 saturated carbocycles. The van der Waals surface area contributed by atoms with Crippen LogP contribution >= 0.6 is 0 Å². The first-order chi connectivity index (χ1) is 28.3. The van der Waals surface area contributed by atoms with Crippen LogP contribution in [-0.2, 0) is 48.1 Å². The van der Waals surface area contributed by atoms with Crippen LogP contribution < -0.4 is 15.0 Å². The summed E-state index contributed by atoms with van der Waals surface area (Å²) in [6.45, 7) is 33.8. The summed E-state index contributed by atoms with van der Waals surface area (Å²) in [4.78, 5) is 6.85. The maximum absolute atomic E-state index is 6.78. The second-order valence-electron chi connectivity index (χ2n) is 21.9. The zero-order valence-corrected chi connectivity index (χ0v) is 41.9. The van der Waals surface area contributed by atoms with Crippen LogP contribution in [0.1, 0.15) is 132 Å². The second kappa shape index (κ2) is 16.7. The molecule has 0 atom stereocenters. The third kappa shape index (κ3) is 9.84. The van der Waals surface area contributed by atoms with Crippen LogP contribution in [-0.4, -0.2) is 9.55 Å². The Balaban J connectivity index is 0.00000641. The summed E-state index contributed by atoms with van der Waals surface area (Å²) >= 11 is 0. The topological polar surface area (TPSA) is 42.3 Å². The molecule has 0 spiro atoms. The summed E-state index contributed by atoms with van der Waals surface area (Å²) in [6.07, 6.45) is 1.90. The van der Waals surface area contributed by atoms with Crippen LogP contribution in [0.3, 0.4) is 0 Å². The molecule has 0 aliphatic carbocycles. The van der Waals surface area contributed by atoms with Crippen molar-refractivity contribution in [3.63, 3.8) is 0 Å². The molecule has 0 bridgehead atoms. The molecule has 0 aliphatic heterocycles. The van der Waals surface area contributed by atoms with E-state index in [0.29, 0.717) is 11.5 Å². The van der Waals surface area contributed by atoms with Crippen molar-refractivity contribution < 1.29 is 25.8 Å². The van der Waals surface area contributed by atoms with Crippen LogP contribution in [0.15, 0.2) is 103 Å². The SMILES string of the molecule is [CH2-]N(c1[c-]c(Oc2[c-]c3c(cc2)c2ccccc2n3-c2cc(C(C)(C)C)ccn2)cc(C(C)(C)C)c1)c1ccc(C(C)(C)C)cc1Nc1cc(C(C)(C)C)cc(C(C)(C)C)c1.[Pt]. The maximum atomic E-state index is 6.78. The van der Waals surface area contributed by atoms with Crippen molar-refractivity contribution >= 4 is 44.6 Å². The molecule has 7 aromatic rings. The summed E-state index contributed by atoms with van der Waals surface area (Å²) < 4.78 is 8.98. The number of nitrogens with one attached hydrogen (secondary N) is 1. The minimum absolute atomic E-state index is 0. The first kappa shape index (κ1) is 46.6. The van der Waals surface area contributed by atoms with Gasteiger partial charge in [0.25, 0.3) is 0 Å². The quantitative estimate of drug-likeness (QED) is 0.162. The zero-order valence-electron chi connectivity index (χ0n) is 39.6. The Morgan fingerprint density at radius 2 is 1.15 bits per heavy atom. The fourth-order valence-electron chi connectivity index (χ4n) is 7.65. The van der Waals surface area contributed by atoms with Crippen LogP contribution in [0.4, 0.5) is 22.7 Å². The molecule has 2 aromatic heterocycles. The Hall–Kier alpha value is -4.86. The predicted octanol–water partition coefficient (Wildman–Crippen LogP) is 15.7. The van der Waals surface area contributed by atoms with Gasteiger partial charge in [-0.05, 0) is 97.2 Å². The molecule has 0 saturated heterocycles. The van der Waals surface area contributed by atoms with E-state index in [9.17, 15) is 0 Å². The van der Waals surface area contributed by atoms with Crippen LogP contribution in [0.2, 0.25) is 0 Å². The number of pyridine rings is 1. The van der Waals surface area contributed by atoms with Gasteiger partial charge >= 0.3 is 0 Å². The van der Waals surface area contributed by atoms with Gasteiger partial charge in [0.15, 0.2) is 0 Å². The Morgan fingerprint density at radius 3 is 1.76 bits per heavy atom. The van der Waals surface area contributed by atoms with Crippen LogP contribution in [0, 0.1) is 19.2 Å². The Morgan fingerprint density at radius 1 is 0.565 bits per heavy atom. The van der Waals surface area contributed by atoms with Gasteiger partial charge in [-0.15, -0.1) is 47.0 Å². The Kier molecular flexibility index (Phi) is 12.6. The van der Waals surface area contributed by atoms with Crippen molar-refractivity contribution in [2.45, 2.75) is 131 Å². The number of benzene rings is 5. The predicted molar refractivity (Wildman–Crippen MR) is 260 cm³/mol. The van der Waals surface area contributed by atoms with E-state index >= 15 is 0 Å². The fraction of sp³-hybridized carbons (Fsp3) is 0.357. The molecule has 0 radical (unpaired) electrons. The number of hydrogen-bond donors (Lipinski definition) is 1. The molecule has 2 heterocycles. The smallest absolute Gasteiger partial charge is 0.135 e. The number of anilines is 4. The molecular formula is C56H65N4OPt-3. The van der Waals surface area contributed by atoms with Gasteiger partial charge in [-0.1, -0.05) is 140 Å². The van der Waals surface area contributed by atoms with Gasteiger partial charge in [0.1, 0.15) is 5.82 Å². The number of ether oxygens (including phenoxy) is 1. The number of hydrogen-bond acceptors (Lipinski definition) is 4. The molecule has 5 aromatic carbocycles. The standard InChI is InChI=1S/C56H65N4O.Pt/c1-52(2,3)36-21-24-49(47(32-36)58-41-28-38(54(7,8)9)27-39(29-41)55(10,11)12)59(16)42-30-40(56(13,14)15)31-44(34-42)61-43-22-23-46-45-19-17-18-20-48(45)60(50(46)35-43)51-33-37(25-26-57-51)53(4,5)6;/h17-33,58H,16H2,1-15H3;/q-3;. The number of nitrogens with zero attached hydrogens (tertiary/aromatic N) is 3. The molecule has 62 heavy (non-hydrogen) atoms.